The average molecular weight is 490 g/mol. The number of hydrogen-bond acceptors (Lipinski definition) is 7. The molecule has 1 saturated heterocycles. The smallest absolute Gasteiger partial charge is 0.407 e. The van der Waals surface area contributed by atoms with Gasteiger partial charge in [-0.3, -0.25) is 14.2 Å². The van der Waals surface area contributed by atoms with Crippen molar-refractivity contribution < 1.29 is 9.53 Å². The molecule has 1 unspecified atom stereocenters. The van der Waals surface area contributed by atoms with E-state index in [0.29, 0.717) is 29.5 Å². The maximum absolute atomic E-state index is 13.0. The molecule has 0 aliphatic carbocycles. The second kappa shape index (κ2) is 8.92. The Bertz CT molecular complexity index is 1520. The van der Waals surface area contributed by atoms with Crippen molar-refractivity contribution in [2.45, 2.75) is 46.6 Å². The summed E-state index contributed by atoms with van der Waals surface area (Å²) in [5.74, 6) is 0.307. The van der Waals surface area contributed by atoms with E-state index in [-0.39, 0.29) is 5.56 Å². The number of amides is 1. The van der Waals surface area contributed by atoms with Crippen LogP contribution in [0.2, 0.25) is 0 Å². The highest BCUT2D eigenvalue weighted by Crippen LogP contribution is 2.25. The Balaban J connectivity index is 1.33. The first-order chi connectivity index (χ1) is 17.1. The van der Waals surface area contributed by atoms with E-state index in [1.807, 2.05) is 65.2 Å². The molecule has 36 heavy (non-hydrogen) atoms. The first-order valence-corrected chi connectivity index (χ1v) is 12.1. The number of hydrogen-bond donors (Lipinski definition) is 1. The Hall–Kier alpha value is -3.95. The minimum atomic E-state index is -0.515. The number of fused-ring (bicyclic) bond motifs is 2. The van der Waals surface area contributed by atoms with Gasteiger partial charge in [0, 0.05) is 31.9 Å². The number of nitrogens with one attached hydrogen (secondary N) is 1. The molecular weight excluding hydrogens is 458 g/mol. The Morgan fingerprint density at radius 1 is 1.14 bits per heavy atom. The molecule has 1 aliphatic heterocycles. The van der Waals surface area contributed by atoms with E-state index in [1.54, 1.807) is 8.92 Å². The van der Waals surface area contributed by atoms with Crippen molar-refractivity contribution in [3.63, 3.8) is 0 Å². The molecule has 0 aromatic carbocycles. The lowest BCUT2D eigenvalue weighted by molar-refractivity contribution is 0.0520. The highest BCUT2D eigenvalue weighted by Gasteiger charge is 2.25. The zero-order chi connectivity index (χ0) is 25.6. The van der Waals surface area contributed by atoms with Crippen molar-refractivity contribution in [2.75, 3.05) is 24.5 Å². The Labute approximate surface area is 208 Å². The molecule has 1 amide bonds. The minimum absolute atomic E-state index is 0.165. The van der Waals surface area contributed by atoms with Gasteiger partial charge in [-0.05, 0) is 65.2 Å². The summed E-state index contributed by atoms with van der Waals surface area (Å²) in [6, 6.07) is 7.27. The highest BCUT2D eigenvalue weighted by atomic mass is 16.6. The number of pyridine rings is 1. The van der Waals surface area contributed by atoms with Crippen LogP contribution in [0.4, 0.5) is 10.5 Å². The number of carbonyl (C=O) groups excluding carboxylic acids is 1. The first-order valence-electron chi connectivity index (χ1n) is 12.1. The molecule has 0 saturated carbocycles. The van der Waals surface area contributed by atoms with E-state index >= 15 is 0 Å². The standard InChI is InChI=1S/C26H31N7O3/c1-16-13-33-22(17(2)28-16)10-21(30-33)20-11-24(34)32-15-19(6-7-23(32)29-20)31-9-8-18(14-31)12-27-25(35)36-26(3,4)5/h6-7,10-11,13,15,18H,8-9,12,14H2,1-5H3,(H,27,35). The fourth-order valence-electron chi connectivity index (χ4n) is 4.60. The molecule has 5 heterocycles. The van der Waals surface area contributed by atoms with Gasteiger partial charge in [-0.2, -0.15) is 5.10 Å². The molecule has 0 bridgehead atoms. The monoisotopic (exact) mass is 489 g/mol. The quantitative estimate of drug-likeness (QED) is 0.468. The lowest BCUT2D eigenvalue weighted by Gasteiger charge is -2.21. The van der Waals surface area contributed by atoms with Gasteiger partial charge in [-0.25, -0.2) is 14.3 Å². The number of carbonyl (C=O) groups is 1. The van der Waals surface area contributed by atoms with E-state index in [9.17, 15) is 9.59 Å². The molecule has 188 valence electrons. The van der Waals surface area contributed by atoms with Crippen molar-refractivity contribution in [1.82, 2.24) is 29.3 Å². The van der Waals surface area contributed by atoms with Gasteiger partial charge in [-0.1, -0.05) is 0 Å². The fourth-order valence-corrected chi connectivity index (χ4v) is 4.60. The molecule has 4 aromatic rings. The van der Waals surface area contributed by atoms with Gasteiger partial charge >= 0.3 is 6.09 Å². The maximum atomic E-state index is 13.0. The van der Waals surface area contributed by atoms with Crippen LogP contribution in [0.25, 0.3) is 22.6 Å². The van der Waals surface area contributed by atoms with Gasteiger partial charge in [-0.15, -0.1) is 0 Å². The van der Waals surface area contributed by atoms with E-state index in [1.165, 1.54) is 6.07 Å². The van der Waals surface area contributed by atoms with Gasteiger partial charge in [0.1, 0.15) is 16.9 Å². The predicted molar refractivity (Wildman–Crippen MR) is 137 cm³/mol. The molecule has 10 heteroatoms. The number of aromatic nitrogens is 5. The van der Waals surface area contributed by atoms with Crippen LogP contribution in [-0.4, -0.2) is 55.3 Å². The molecule has 1 aliphatic rings. The summed E-state index contributed by atoms with van der Waals surface area (Å²) < 4.78 is 8.67. The maximum Gasteiger partial charge on any atom is 0.407 e. The first kappa shape index (κ1) is 23.8. The van der Waals surface area contributed by atoms with Gasteiger partial charge in [0.05, 0.1) is 34.5 Å². The van der Waals surface area contributed by atoms with Crippen LogP contribution in [-0.2, 0) is 4.74 Å². The van der Waals surface area contributed by atoms with Crippen LogP contribution in [0.5, 0.6) is 0 Å². The SMILES string of the molecule is Cc1cn2nc(-c3cc(=O)n4cc(N5CCC(CNC(=O)OC(C)(C)C)C5)ccc4n3)cc2c(C)n1. The average Bonchev–Trinajstić information content (AvgIpc) is 3.44. The number of rotatable bonds is 4. The van der Waals surface area contributed by atoms with Crippen LogP contribution < -0.4 is 15.8 Å². The van der Waals surface area contributed by atoms with Crippen molar-refractivity contribution in [1.29, 1.82) is 0 Å². The number of alkyl carbamates (subject to hydrolysis) is 1. The highest BCUT2D eigenvalue weighted by molar-refractivity contribution is 5.68. The van der Waals surface area contributed by atoms with Crippen LogP contribution in [0.15, 0.2) is 41.5 Å². The number of anilines is 1. The zero-order valence-corrected chi connectivity index (χ0v) is 21.3. The van der Waals surface area contributed by atoms with E-state index in [0.717, 1.165) is 42.1 Å². The van der Waals surface area contributed by atoms with E-state index in [2.05, 4.69) is 20.3 Å². The molecule has 10 nitrogen and oxygen atoms in total. The predicted octanol–water partition coefficient (Wildman–Crippen LogP) is 3.37. The van der Waals surface area contributed by atoms with Gasteiger partial charge in [0.25, 0.3) is 5.56 Å². The summed E-state index contributed by atoms with van der Waals surface area (Å²) >= 11 is 0. The lowest BCUT2D eigenvalue weighted by atomic mass is 10.1. The summed E-state index contributed by atoms with van der Waals surface area (Å²) in [5, 5.41) is 7.47. The number of nitrogens with zero attached hydrogens (tertiary/aromatic N) is 6. The summed E-state index contributed by atoms with van der Waals surface area (Å²) in [4.78, 5) is 36.4. The Kier molecular flexibility index (Phi) is 5.89. The summed E-state index contributed by atoms with van der Waals surface area (Å²) in [6.07, 6.45) is 4.24. The minimum Gasteiger partial charge on any atom is -0.444 e. The normalized spacial score (nSPS) is 16.1. The fraction of sp³-hybridized carbons (Fsp3) is 0.423. The molecule has 4 aromatic heterocycles. The molecule has 1 atom stereocenters. The molecule has 0 radical (unpaired) electrons. The molecule has 1 fully saturated rings. The van der Waals surface area contributed by atoms with Crippen molar-refractivity contribution >= 4 is 22.9 Å². The molecular formula is C26H31N7O3. The van der Waals surface area contributed by atoms with Crippen LogP contribution >= 0.6 is 0 Å². The number of aryl methyl sites for hydroxylation is 2. The Morgan fingerprint density at radius 3 is 2.72 bits per heavy atom. The second-order valence-electron chi connectivity index (χ2n) is 10.4. The van der Waals surface area contributed by atoms with Crippen molar-refractivity contribution in [3.05, 3.63) is 58.4 Å². The largest absolute Gasteiger partial charge is 0.444 e. The third-order valence-electron chi connectivity index (χ3n) is 6.25. The topological polar surface area (TPSA) is 106 Å². The van der Waals surface area contributed by atoms with Gasteiger partial charge in [0.15, 0.2) is 0 Å². The lowest BCUT2D eigenvalue weighted by Crippen LogP contribution is -2.36. The molecule has 1 N–H and O–H groups in total. The van der Waals surface area contributed by atoms with Crippen molar-refractivity contribution in [3.8, 4) is 11.4 Å². The number of ether oxygens (including phenoxy) is 1. The van der Waals surface area contributed by atoms with Crippen LogP contribution in [0, 0.1) is 19.8 Å². The van der Waals surface area contributed by atoms with Crippen molar-refractivity contribution in [2.24, 2.45) is 5.92 Å². The molecule has 5 rings (SSSR count). The summed E-state index contributed by atoms with van der Waals surface area (Å²) in [7, 11) is 0. The summed E-state index contributed by atoms with van der Waals surface area (Å²) in [6.45, 7) is 11.6. The van der Waals surface area contributed by atoms with Crippen LogP contribution in [0.1, 0.15) is 38.6 Å². The zero-order valence-electron chi connectivity index (χ0n) is 21.3. The third-order valence-corrected chi connectivity index (χ3v) is 6.25. The van der Waals surface area contributed by atoms with E-state index in [4.69, 9.17) is 9.72 Å². The van der Waals surface area contributed by atoms with Gasteiger partial charge < -0.3 is 15.0 Å². The van der Waals surface area contributed by atoms with E-state index < -0.39 is 11.7 Å². The Morgan fingerprint density at radius 2 is 1.94 bits per heavy atom. The summed E-state index contributed by atoms with van der Waals surface area (Å²) in [5.41, 5.74) is 4.63. The third kappa shape index (κ3) is 4.89. The van der Waals surface area contributed by atoms with Crippen LogP contribution in [0.3, 0.4) is 0 Å². The molecule has 0 spiro atoms. The van der Waals surface area contributed by atoms with Gasteiger partial charge in [0.2, 0.25) is 0 Å². The second-order valence-corrected chi connectivity index (χ2v) is 10.4.